The Balaban J connectivity index is -0.000000103. The molecule has 20 heteroatoms. The molecule has 0 saturated heterocycles. The lowest BCUT2D eigenvalue weighted by molar-refractivity contribution is -0.135. The lowest BCUT2D eigenvalue weighted by Gasteiger charge is -2.38. The van der Waals surface area contributed by atoms with Crippen molar-refractivity contribution in [1.29, 1.82) is 0 Å². The van der Waals surface area contributed by atoms with Crippen molar-refractivity contribution >= 4 is 52.0 Å². The van der Waals surface area contributed by atoms with Crippen molar-refractivity contribution in [3.63, 3.8) is 0 Å². The first kappa shape index (κ1) is 176. The van der Waals surface area contributed by atoms with E-state index in [0.717, 1.165) is 50.9 Å². The zero-order chi connectivity index (χ0) is 112. The van der Waals surface area contributed by atoms with E-state index in [2.05, 4.69) is 218 Å². The van der Waals surface area contributed by atoms with Crippen LogP contribution in [0.15, 0.2) is 60.7 Å². The molecule has 1 fully saturated rings. The standard InChI is InChI=1S/C18H29NO.C17H27NO.C14H27NO.C12H25NO2.3C12H25NO.C11H23NO2.C11H23NO.9CH4/c1-17(2,3)16(20)15(19-18(4,5)6)13-12-14-10-8-7-9-11-14;1-16(2,3)15(19)14(18-17(4,5)6)12-13-10-8-7-9-11-13;1-13(2,3)12(16)11(9-10-7-8-10)15-14(4,5)6;1-10(2,3)9(15)12(7,8-14)13-11(4,5)6;3*1-8-9(13-12(5,6)7)10(14)11(2,3)4;1-10(2,3)9(14)8(7-13)12-11(4,5)6;1-8(12-11(5,6)7)9(13)10(2,3)4;;;;;;;;;/h7-11,15,19H,12-13H2,1-6H3;7-11,14,18H,12H2,1-6H3;10-11,15H,7-9H2,1-6H3;13-14H,8H2,1-7H3;3*9,13H,8H2,1-7H3;8,12-13H,7H2,1-6H3;8,12H,1-7H3;9*1H4/t15-;14-;11-;12-;3*9-;2*8-;;;;;;;;;/m111011001........./s1. The van der Waals surface area contributed by atoms with Crippen molar-refractivity contribution in [1.82, 2.24) is 47.9 Å². The molecule has 20 nitrogen and oxygen atoms in total. The van der Waals surface area contributed by atoms with Gasteiger partial charge >= 0.3 is 0 Å². The molecule has 0 amide bonds. The molecule has 0 spiro atoms. The Labute approximate surface area is 924 Å². The van der Waals surface area contributed by atoms with Gasteiger partial charge in [-0.15, -0.1) is 0 Å². The number of aliphatic hydroxyl groups is 2. The number of aryl methyl sites for hydroxylation is 1. The fourth-order valence-electron chi connectivity index (χ4n) is 15.0. The summed E-state index contributed by atoms with van der Waals surface area (Å²) < 4.78 is 0. The highest BCUT2D eigenvalue weighted by atomic mass is 16.3. The van der Waals surface area contributed by atoms with E-state index >= 15 is 0 Å². The van der Waals surface area contributed by atoms with Crippen LogP contribution in [-0.2, 0) is 56.0 Å². The number of carbonyl (C=O) groups excluding carboxylic acids is 9. The van der Waals surface area contributed by atoms with Gasteiger partial charge in [0, 0.05) is 98.6 Å². The van der Waals surface area contributed by atoms with Crippen LogP contribution >= 0.6 is 0 Å². The van der Waals surface area contributed by atoms with Crippen molar-refractivity contribution in [2.75, 3.05) is 13.2 Å². The Kier molecular flexibility index (Phi) is 84.8. The van der Waals surface area contributed by atoms with E-state index in [1.54, 1.807) is 6.92 Å². The first-order valence-electron chi connectivity index (χ1n) is 52.3. The van der Waals surface area contributed by atoms with E-state index < -0.39 is 22.4 Å². The van der Waals surface area contributed by atoms with Crippen LogP contribution in [0.2, 0.25) is 0 Å². The van der Waals surface area contributed by atoms with Gasteiger partial charge < -0.3 is 52.7 Å². The molecule has 2 aromatic carbocycles. The van der Waals surface area contributed by atoms with Gasteiger partial charge in [-0.3, -0.25) is 48.5 Å². The van der Waals surface area contributed by atoms with Crippen LogP contribution < -0.4 is 47.9 Å². The Morgan fingerprint density at radius 2 is 0.473 bits per heavy atom. The quantitative estimate of drug-likeness (QED) is 0.0346. The first-order chi connectivity index (χ1) is 61.0. The second-order valence-electron chi connectivity index (χ2n) is 57.9. The van der Waals surface area contributed by atoms with Crippen molar-refractivity contribution in [2.45, 2.75) is 637 Å². The largest absolute Gasteiger partial charge is 0.394 e. The third kappa shape index (κ3) is 89.2. The molecule has 0 bridgehead atoms. The average molecular weight is 2110 g/mol. The lowest BCUT2D eigenvalue weighted by Crippen LogP contribution is -2.61. The number of ketones is 9. The minimum Gasteiger partial charge on any atom is -0.394 e. The summed E-state index contributed by atoms with van der Waals surface area (Å²) in [5, 5.41) is 48.6. The second kappa shape index (κ2) is 71.3. The third-order valence-electron chi connectivity index (χ3n) is 21.1. The number of hydrogen-bond acceptors (Lipinski definition) is 20. The monoisotopic (exact) mass is 2110 g/mol. The fourth-order valence-corrected chi connectivity index (χ4v) is 15.0. The van der Waals surface area contributed by atoms with Gasteiger partial charge in [-0.05, 0) is 263 Å². The van der Waals surface area contributed by atoms with Crippen LogP contribution in [0.25, 0.3) is 0 Å². The van der Waals surface area contributed by atoms with Crippen LogP contribution in [-0.4, -0.2) is 179 Å². The van der Waals surface area contributed by atoms with Crippen LogP contribution in [0.4, 0.5) is 0 Å². The normalized spacial score (nSPS) is 14.8. The first-order valence-corrected chi connectivity index (χ1v) is 52.3. The smallest absolute Gasteiger partial charge is 0.160 e. The summed E-state index contributed by atoms with van der Waals surface area (Å²) in [5.41, 5.74) is -1.57. The van der Waals surface area contributed by atoms with Crippen LogP contribution in [0, 0.1) is 54.7 Å². The topological polar surface area (TPSA) is 302 Å². The summed E-state index contributed by atoms with van der Waals surface area (Å²) >= 11 is 0. The van der Waals surface area contributed by atoms with Gasteiger partial charge in [-0.25, -0.2) is 0 Å². The molecule has 1 saturated carbocycles. The van der Waals surface area contributed by atoms with Crippen molar-refractivity contribution < 1.29 is 53.4 Å². The molecule has 0 aliphatic heterocycles. The number of aliphatic hydroxyl groups excluding tert-OH is 2. The van der Waals surface area contributed by atoms with Crippen molar-refractivity contribution in [3.8, 4) is 0 Å². The number of nitrogens with one attached hydrogen (secondary N) is 9. The summed E-state index contributed by atoms with van der Waals surface area (Å²) in [6.07, 6.45) is 8.71. The predicted molar refractivity (Wildman–Crippen MR) is 658 cm³/mol. The van der Waals surface area contributed by atoms with Crippen LogP contribution in [0.5, 0.6) is 0 Å². The molecule has 0 heterocycles. The highest BCUT2D eigenvalue weighted by molar-refractivity contribution is 5.94. The van der Waals surface area contributed by atoms with Crippen molar-refractivity contribution in [2.24, 2.45) is 54.7 Å². The molecule has 0 radical (unpaired) electrons. The summed E-state index contributed by atoms with van der Waals surface area (Å²) in [6, 6.07) is 19.8. The Morgan fingerprint density at radius 3 is 0.689 bits per heavy atom. The maximum Gasteiger partial charge on any atom is 0.160 e. The van der Waals surface area contributed by atoms with E-state index in [1.807, 2.05) is 293 Å². The number of benzene rings is 2. The van der Waals surface area contributed by atoms with Gasteiger partial charge in [0.15, 0.2) is 52.0 Å². The van der Waals surface area contributed by atoms with Gasteiger partial charge in [0.25, 0.3) is 0 Å². The van der Waals surface area contributed by atoms with E-state index in [0.29, 0.717) is 28.9 Å². The molecular weight excluding hydrogens is 1840 g/mol. The molecule has 1 aliphatic carbocycles. The van der Waals surface area contributed by atoms with E-state index in [4.69, 9.17) is 5.11 Å². The Bertz CT molecular complexity index is 3680. The van der Waals surface area contributed by atoms with Crippen molar-refractivity contribution in [3.05, 3.63) is 71.8 Å². The second-order valence-corrected chi connectivity index (χ2v) is 57.9. The molecule has 9 atom stereocenters. The summed E-state index contributed by atoms with van der Waals surface area (Å²) in [4.78, 5) is 109. The van der Waals surface area contributed by atoms with Gasteiger partial charge in [0.1, 0.15) is 0 Å². The maximum absolute atomic E-state index is 12.6. The number of carbonyl (C=O) groups is 9. The number of Topliss-reactive ketones (excluding diaryl/α,β-unsaturated/α-hetero) is 9. The van der Waals surface area contributed by atoms with Gasteiger partial charge in [-0.2, -0.15) is 0 Å². The zero-order valence-corrected chi connectivity index (χ0v) is 102. The van der Waals surface area contributed by atoms with E-state index in [9.17, 15) is 48.3 Å². The summed E-state index contributed by atoms with van der Waals surface area (Å²) in [7, 11) is 0. The minimum absolute atomic E-state index is 0. The fraction of sp³-hybridized carbons (Fsp3) is 0.836. The minimum atomic E-state index is -0.865. The molecule has 148 heavy (non-hydrogen) atoms. The molecule has 3 rings (SSSR count). The van der Waals surface area contributed by atoms with Crippen LogP contribution in [0.1, 0.15) is 531 Å². The maximum atomic E-state index is 12.6. The molecule has 0 aromatic heterocycles. The third-order valence-corrected chi connectivity index (χ3v) is 21.1. The number of hydrogen-bond donors (Lipinski definition) is 11. The molecule has 11 N–H and O–H groups in total. The Morgan fingerprint density at radius 1 is 0.264 bits per heavy atom. The van der Waals surface area contributed by atoms with Crippen LogP contribution in [0.3, 0.4) is 0 Å². The molecule has 888 valence electrons. The Hall–Kier alpha value is -4.97. The average Bonchev–Trinajstić information content (AvgIpc) is 1.39. The summed E-state index contributed by atoms with van der Waals surface area (Å²) in [5.74, 6) is 2.96. The number of rotatable bonds is 30. The molecular formula is C128H265N9O11. The highest BCUT2D eigenvalue weighted by Crippen LogP contribution is 2.36. The molecule has 1 aliphatic rings. The molecule has 2 aromatic rings. The summed E-state index contributed by atoms with van der Waals surface area (Å²) in [6.45, 7) is 118. The van der Waals surface area contributed by atoms with Gasteiger partial charge in [0.2, 0.25) is 0 Å². The SMILES string of the molecule is C.C.C.C.C.C.C.C.C.CC(C)(C)N[C@@H](CO)C(=O)C(C)(C)C.CC(C)(C)N[C@@](C)(CO)C(=O)C(C)(C)C.CC(C)(C)N[C@H](CC1CC1)C(=O)C(C)(C)C.CC(C)(C)N[C@H](CCc1ccccc1)C(=O)C(C)(C)C.CC(C)(C)N[C@H](Cc1ccccc1)C(=O)C(C)(C)C.CC[C@@H](NC(C)(C)C)C(=O)C(C)(C)C.CC[C@@H](NC(C)(C)C)C(=O)C(C)(C)C.CC[C@H](NC(C)(C)C)C(=O)C(C)(C)C.C[C@@H](NC(C)(C)C)C(=O)C(C)(C)C. The molecule has 0 unspecified atom stereocenters. The van der Waals surface area contributed by atoms with E-state index in [-0.39, 0.29) is 233 Å². The van der Waals surface area contributed by atoms with Gasteiger partial charge in [-0.1, -0.05) is 348 Å². The predicted octanol–water partition coefficient (Wildman–Crippen LogP) is 30.2. The highest BCUT2D eigenvalue weighted by Gasteiger charge is 2.44. The zero-order valence-electron chi connectivity index (χ0n) is 102. The van der Waals surface area contributed by atoms with Gasteiger partial charge in [0.05, 0.1) is 67.1 Å². The lowest BCUT2D eigenvalue weighted by atomic mass is 9.78. The van der Waals surface area contributed by atoms with E-state index in [1.165, 1.54) is 24.0 Å².